The first-order chi connectivity index (χ1) is 10.6. The van der Waals surface area contributed by atoms with E-state index in [-0.39, 0.29) is 24.7 Å². The van der Waals surface area contributed by atoms with Gasteiger partial charge < -0.3 is 19.3 Å². The summed E-state index contributed by atoms with van der Waals surface area (Å²) in [5.41, 5.74) is 1.76. The lowest BCUT2D eigenvalue weighted by Crippen LogP contribution is -2.17. The molecule has 22 heavy (non-hydrogen) atoms. The lowest BCUT2D eigenvalue weighted by Gasteiger charge is -2.15. The van der Waals surface area contributed by atoms with Crippen LogP contribution in [-0.4, -0.2) is 30.1 Å². The Morgan fingerprint density at radius 2 is 2.09 bits per heavy atom. The maximum absolute atomic E-state index is 12.1. The molecule has 1 aliphatic rings. The zero-order chi connectivity index (χ0) is 15.7. The number of fused-ring (bicyclic) bond motifs is 1. The van der Waals surface area contributed by atoms with E-state index < -0.39 is 5.92 Å². The van der Waals surface area contributed by atoms with Gasteiger partial charge in [0.1, 0.15) is 0 Å². The minimum Gasteiger partial charge on any atom is -0.469 e. The van der Waals surface area contributed by atoms with Crippen molar-refractivity contribution in [3.63, 3.8) is 0 Å². The largest absolute Gasteiger partial charge is 0.469 e. The summed E-state index contributed by atoms with van der Waals surface area (Å²) in [7, 11) is 1.33. The third-order valence-corrected chi connectivity index (χ3v) is 3.76. The number of nitrogens with one attached hydrogen (secondary N) is 2. The van der Waals surface area contributed by atoms with Gasteiger partial charge in [-0.3, -0.25) is 14.7 Å². The number of carbonyl (C=O) groups is 1. The molecule has 1 atom stereocenters. The predicted molar refractivity (Wildman–Crippen MR) is 77.2 cm³/mol. The second-order valence-corrected chi connectivity index (χ2v) is 5.06. The Balaban J connectivity index is 2.05. The molecular weight excluding hydrogens is 288 g/mol. The highest BCUT2D eigenvalue weighted by Crippen LogP contribution is 2.37. The summed E-state index contributed by atoms with van der Waals surface area (Å²) < 4.78 is 15.4. The number of aryl methyl sites for hydroxylation is 1. The fourth-order valence-electron chi connectivity index (χ4n) is 2.64. The quantitative estimate of drug-likeness (QED) is 0.834. The molecule has 2 aromatic rings. The van der Waals surface area contributed by atoms with Crippen molar-refractivity contribution in [3.8, 4) is 11.5 Å². The van der Waals surface area contributed by atoms with E-state index in [1.807, 2.05) is 6.07 Å². The van der Waals surface area contributed by atoms with Gasteiger partial charge in [0.15, 0.2) is 11.5 Å². The van der Waals surface area contributed by atoms with Gasteiger partial charge in [-0.05, 0) is 24.6 Å². The summed E-state index contributed by atoms with van der Waals surface area (Å²) in [6, 6.07) is 5.40. The second-order valence-electron chi connectivity index (χ2n) is 5.06. The molecule has 2 N–H and O–H groups in total. The molecule has 7 nitrogen and oxygen atoms in total. The van der Waals surface area contributed by atoms with Crippen molar-refractivity contribution in [1.29, 1.82) is 0 Å². The molecule has 3 rings (SSSR count). The second kappa shape index (κ2) is 5.59. The van der Waals surface area contributed by atoms with Gasteiger partial charge in [-0.25, -0.2) is 0 Å². The van der Waals surface area contributed by atoms with Crippen LogP contribution >= 0.6 is 0 Å². The molecule has 1 aromatic carbocycles. The van der Waals surface area contributed by atoms with Crippen LogP contribution in [0.2, 0.25) is 0 Å². The van der Waals surface area contributed by atoms with Gasteiger partial charge in [0.2, 0.25) is 6.79 Å². The number of methoxy groups -OCH3 is 1. The first kappa shape index (κ1) is 14.2. The summed E-state index contributed by atoms with van der Waals surface area (Å²) >= 11 is 0. The minimum absolute atomic E-state index is 0.0674. The molecule has 0 saturated carbocycles. The first-order valence-electron chi connectivity index (χ1n) is 6.83. The Hall–Kier alpha value is -2.70. The monoisotopic (exact) mass is 304 g/mol. The van der Waals surface area contributed by atoms with E-state index in [0.717, 1.165) is 5.56 Å². The molecule has 0 bridgehead atoms. The van der Waals surface area contributed by atoms with Gasteiger partial charge >= 0.3 is 5.97 Å². The van der Waals surface area contributed by atoms with E-state index in [2.05, 4.69) is 10.2 Å². The fraction of sp³-hybridized carbons (Fsp3) is 0.333. The van der Waals surface area contributed by atoms with Crippen LogP contribution in [0.1, 0.15) is 29.2 Å². The van der Waals surface area contributed by atoms with Gasteiger partial charge in [-0.15, -0.1) is 0 Å². The van der Waals surface area contributed by atoms with Crippen LogP contribution in [0, 0.1) is 6.92 Å². The minimum atomic E-state index is -0.419. The van der Waals surface area contributed by atoms with Crippen molar-refractivity contribution in [3.05, 3.63) is 45.4 Å². The summed E-state index contributed by atoms with van der Waals surface area (Å²) in [5, 5.41) is 5.33. The zero-order valence-electron chi connectivity index (χ0n) is 12.3. The number of aromatic amines is 2. The Labute approximate surface area is 126 Å². The van der Waals surface area contributed by atoms with Crippen LogP contribution in [0.4, 0.5) is 0 Å². The van der Waals surface area contributed by atoms with Gasteiger partial charge in [0, 0.05) is 17.2 Å². The van der Waals surface area contributed by atoms with Gasteiger partial charge in [0.25, 0.3) is 5.56 Å². The molecule has 0 spiro atoms. The number of hydrogen-bond donors (Lipinski definition) is 2. The summed E-state index contributed by atoms with van der Waals surface area (Å²) in [4.78, 5) is 23.8. The highest BCUT2D eigenvalue weighted by Gasteiger charge is 2.26. The Bertz CT molecular complexity index is 762. The lowest BCUT2D eigenvalue weighted by atomic mass is 9.88. The molecule has 0 radical (unpaired) electrons. The van der Waals surface area contributed by atoms with Crippen molar-refractivity contribution in [2.45, 2.75) is 19.3 Å². The molecule has 0 saturated heterocycles. The predicted octanol–water partition coefficient (Wildman–Crippen LogP) is 1.44. The van der Waals surface area contributed by atoms with Crippen LogP contribution in [0.5, 0.6) is 11.5 Å². The van der Waals surface area contributed by atoms with E-state index in [4.69, 9.17) is 14.2 Å². The standard InChI is InChI=1S/C15H16N2O5/c1-8-14(15(19)17-16-8)10(6-13(18)20-2)9-3-4-11-12(5-9)22-7-21-11/h3-5,10H,6-7H2,1-2H3,(H2,16,17,19)/t10-/m0/s1. The summed E-state index contributed by atoms with van der Waals surface area (Å²) in [6.45, 7) is 1.95. The zero-order valence-corrected chi connectivity index (χ0v) is 12.3. The van der Waals surface area contributed by atoms with Crippen LogP contribution in [0.25, 0.3) is 0 Å². The fourth-order valence-corrected chi connectivity index (χ4v) is 2.64. The summed E-state index contributed by atoms with van der Waals surface area (Å²) in [6.07, 6.45) is 0.0674. The van der Waals surface area contributed by atoms with E-state index in [0.29, 0.717) is 22.8 Å². The molecule has 116 valence electrons. The molecule has 2 heterocycles. The Morgan fingerprint density at radius 1 is 1.32 bits per heavy atom. The smallest absolute Gasteiger partial charge is 0.306 e. The number of esters is 1. The molecule has 0 aliphatic carbocycles. The number of H-pyrrole nitrogens is 2. The van der Waals surface area contributed by atoms with Crippen molar-refractivity contribution in [2.75, 3.05) is 13.9 Å². The molecule has 1 aliphatic heterocycles. The molecule has 0 unspecified atom stereocenters. The first-order valence-corrected chi connectivity index (χ1v) is 6.83. The maximum Gasteiger partial charge on any atom is 0.306 e. The lowest BCUT2D eigenvalue weighted by molar-refractivity contribution is -0.140. The van der Waals surface area contributed by atoms with Crippen LogP contribution in [0.3, 0.4) is 0 Å². The van der Waals surface area contributed by atoms with Crippen LogP contribution < -0.4 is 15.0 Å². The Morgan fingerprint density at radius 3 is 2.77 bits per heavy atom. The average Bonchev–Trinajstić information content (AvgIpc) is 3.11. The van der Waals surface area contributed by atoms with E-state index >= 15 is 0 Å². The maximum atomic E-state index is 12.1. The molecule has 1 aromatic heterocycles. The van der Waals surface area contributed by atoms with Crippen molar-refractivity contribution in [1.82, 2.24) is 10.2 Å². The number of ether oxygens (including phenoxy) is 3. The van der Waals surface area contributed by atoms with Crippen LogP contribution in [-0.2, 0) is 9.53 Å². The molecular formula is C15H16N2O5. The number of rotatable bonds is 4. The van der Waals surface area contributed by atoms with E-state index in [1.165, 1.54) is 7.11 Å². The molecule has 0 fully saturated rings. The van der Waals surface area contributed by atoms with Gasteiger partial charge in [-0.1, -0.05) is 6.07 Å². The normalized spacial score (nSPS) is 13.9. The van der Waals surface area contributed by atoms with Gasteiger partial charge in [0.05, 0.1) is 13.5 Å². The van der Waals surface area contributed by atoms with Crippen molar-refractivity contribution in [2.24, 2.45) is 0 Å². The van der Waals surface area contributed by atoms with E-state index in [1.54, 1.807) is 19.1 Å². The number of benzene rings is 1. The number of hydrogen-bond acceptors (Lipinski definition) is 5. The summed E-state index contributed by atoms with van der Waals surface area (Å²) in [5.74, 6) is 0.455. The Kier molecular flexibility index (Phi) is 3.62. The topological polar surface area (TPSA) is 93.4 Å². The van der Waals surface area contributed by atoms with Crippen LogP contribution in [0.15, 0.2) is 23.0 Å². The van der Waals surface area contributed by atoms with E-state index in [9.17, 15) is 9.59 Å². The third-order valence-electron chi connectivity index (χ3n) is 3.76. The van der Waals surface area contributed by atoms with Gasteiger partial charge in [-0.2, -0.15) is 0 Å². The highest BCUT2D eigenvalue weighted by molar-refractivity contribution is 5.71. The molecule has 0 amide bonds. The molecule has 7 heteroatoms. The third kappa shape index (κ3) is 2.45. The average molecular weight is 304 g/mol. The number of aromatic nitrogens is 2. The van der Waals surface area contributed by atoms with Crippen molar-refractivity contribution < 1.29 is 19.0 Å². The number of carbonyl (C=O) groups excluding carboxylic acids is 1. The van der Waals surface area contributed by atoms with Crippen molar-refractivity contribution >= 4 is 5.97 Å². The SMILES string of the molecule is COC(=O)C[C@@H](c1ccc2c(c1)OCO2)c1c(C)[nH][nH]c1=O. The highest BCUT2D eigenvalue weighted by atomic mass is 16.7.